The van der Waals surface area contributed by atoms with Gasteiger partial charge in [-0.1, -0.05) is 51.1 Å². The number of hydrogen-bond acceptors (Lipinski definition) is 5. The third-order valence-corrected chi connectivity index (χ3v) is 4.97. The minimum atomic E-state index is -0.456. The van der Waals surface area contributed by atoms with Crippen LogP contribution in [0, 0.1) is 5.41 Å². The molecule has 160 valence electrons. The zero-order chi connectivity index (χ0) is 21.6. The number of carbonyl (C=O) groups is 2. The van der Waals surface area contributed by atoms with E-state index in [1.165, 1.54) is 0 Å². The van der Waals surface area contributed by atoms with E-state index in [0.717, 1.165) is 24.3 Å². The van der Waals surface area contributed by atoms with Crippen molar-refractivity contribution in [2.24, 2.45) is 5.41 Å². The van der Waals surface area contributed by atoms with Crippen LogP contribution in [0.3, 0.4) is 0 Å². The number of aromatic nitrogens is 1. The largest absolute Gasteiger partial charge is 0.445 e. The molecule has 1 aliphatic heterocycles. The highest BCUT2D eigenvalue weighted by Crippen LogP contribution is 2.20. The first-order valence-electron chi connectivity index (χ1n) is 10.3. The number of nitrogens with one attached hydrogen (secondary N) is 1. The Balaban J connectivity index is 1.52. The van der Waals surface area contributed by atoms with Crippen molar-refractivity contribution in [3.05, 3.63) is 54.2 Å². The molecule has 1 saturated heterocycles. The highest BCUT2D eigenvalue weighted by atomic mass is 16.6. The summed E-state index contributed by atoms with van der Waals surface area (Å²) in [6.07, 6.45) is 2.23. The first-order valence-corrected chi connectivity index (χ1v) is 10.3. The van der Waals surface area contributed by atoms with E-state index in [1.807, 2.05) is 63.2 Å². The zero-order valence-corrected chi connectivity index (χ0v) is 17.9. The summed E-state index contributed by atoms with van der Waals surface area (Å²) in [5.41, 5.74) is 1.20. The summed E-state index contributed by atoms with van der Waals surface area (Å²) in [5.74, 6) is 0.791. The van der Waals surface area contributed by atoms with E-state index in [2.05, 4.69) is 15.2 Å². The van der Waals surface area contributed by atoms with Gasteiger partial charge in [-0.25, -0.2) is 9.78 Å². The van der Waals surface area contributed by atoms with Gasteiger partial charge in [0.1, 0.15) is 12.4 Å². The van der Waals surface area contributed by atoms with Crippen LogP contribution in [0.5, 0.6) is 0 Å². The second-order valence-electron chi connectivity index (χ2n) is 8.48. The van der Waals surface area contributed by atoms with E-state index in [0.29, 0.717) is 25.3 Å². The fourth-order valence-corrected chi connectivity index (χ4v) is 3.11. The molecule has 2 amide bonds. The predicted molar refractivity (Wildman–Crippen MR) is 117 cm³/mol. The molecule has 0 aliphatic carbocycles. The number of nitrogens with zero attached hydrogens (tertiary/aromatic N) is 3. The Kier molecular flexibility index (Phi) is 6.92. The minimum absolute atomic E-state index is 0.0449. The van der Waals surface area contributed by atoms with Crippen LogP contribution >= 0.6 is 0 Å². The summed E-state index contributed by atoms with van der Waals surface area (Å²) >= 11 is 0. The molecule has 0 radical (unpaired) electrons. The maximum Gasteiger partial charge on any atom is 0.410 e. The van der Waals surface area contributed by atoms with Crippen LogP contribution in [-0.2, 0) is 16.1 Å². The van der Waals surface area contributed by atoms with Crippen LogP contribution in [0.15, 0.2) is 48.7 Å². The number of benzene rings is 1. The van der Waals surface area contributed by atoms with Crippen molar-refractivity contribution in [2.75, 3.05) is 36.4 Å². The van der Waals surface area contributed by atoms with E-state index in [-0.39, 0.29) is 18.6 Å². The summed E-state index contributed by atoms with van der Waals surface area (Å²) in [4.78, 5) is 32.9. The molecule has 0 spiro atoms. The van der Waals surface area contributed by atoms with E-state index >= 15 is 0 Å². The Morgan fingerprint density at radius 3 is 2.47 bits per heavy atom. The van der Waals surface area contributed by atoms with Gasteiger partial charge in [-0.05, 0) is 24.1 Å². The van der Waals surface area contributed by atoms with E-state index < -0.39 is 5.41 Å². The molecule has 3 rings (SSSR count). The molecule has 1 fully saturated rings. The van der Waals surface area contributed by atoms with Crippen LogP contribution in [-0.4, -0.2) is 48.1 Å². The highest BCUT2D eigenvalue weighted by molar-refractivity contribution is 5.94. The van der Waals surface area contributed by atoms with Crippen molar-refractivity contribution >= 4 is 23.5 Å². The molecule has 1 N–H and O–H groups in total. The molecule has 2 aromatic rings. The second-order valence-corrected chi connectivity index (χ2v) is 8.48. The lowest BCUT2D eigenvalue weighted by Gasteiger charge is -2.23. The summed E-state index contributed by atoms with van der Waals surface area (Å²) in [7, 11) is 0. The lowest BCUT2D eigenvalue weighted by Crippen LogP contribution is -2.35. The quantitative estimate of drug-likeness (QED) is 0.827. The number of pyridine rings is 1. The standard InChI is InChI=1S/C23H30N4O3/c1-23(2,3)21(28)25-19-10-11-20(24-16-19)26-12-7-13-27(15-14-26)22(29)30-17-18-8-5-4-6-9-18/h4-6,8-11,16H,7,12-15,17H2,1-3H3,(H,25,28). The molecular weight excluding hydrogens is 380 g/mol. The Bertz CT molecular complexity index is 847. The summed E-state index contributed by atoms with van der Waals surface area (Å²) < 4.78 is 5.46. The molecule has 0 bridgehead atoms. The van der Waals surface area contributed by atoms with E-state index in [1.54, 1.807) is 11.1 Å². The maximum atomic E-state index is 12.4. The van der Waals surface area contributed by atoms with Crippen LogP contribution in [0.25, 0.3) is 0 Å². The Hall–Kier alpha value is -3.09. The van der Waals surface area contributed by atoms with Gasteiger partial charge < -0.3 is 19.9 Å². The molecular formula is C23H30N4O3. The molecule has 7 nitrogen and oxygen atoms in total. The van der Waals surface area contributed by atoms with Gasteiger partial charge in [-0.2, -0.15) is 0 Å². The van der Waals surface area contributed by atoms with Crippen molar-refractivity contribution in [1.29, 1.82) is 0 Å². The number of carbonyl (C=O) groups excluding carboxylic acids is 2. The molecule has 0 atom stereocenters. The molecule has 7 heteroatoms. The van der Waals surface area contributed by atoms with Crippen LogP contribution in [0.1, 0.15) is 32.8 Å². The molecule has 30 heavy (non-hydrogen) atoms. The summed E-state index contributed by atoms with van der Waals surface area (Å²) in [6, 6.07) is 13.4. The van der Waals surface area contributed by atoms with Crippen molar-refractivity contribution in [1.82, 2.24) is 9.88 Å². The summed E-state index contributed by atoms with van der Waals surface area (Å²) in [6.45, 7) is 8.63. The van der Waals surface area contributed by atoms with Crippen molar-refractivity contribution in [2.45, 2.75) is 33.8 Å². The lowest BCUT2D eigenvalue weighted by atomic mass is 9.96. The minimum Gasteiger partial charge on any atom is -0.445 e. The van der Waals surface area contributed by atoms with Crippen LogP contribution in [0.2, 0.25) is 0 Å². The molecule has 1 aromatic heterocycles. The molecule has 1 aromatic carbocycles. The van der Waals surface area contributed by atoms with Crippen LogP contribution < -0.4 is 10.2 Å². The van der Waals surface area contributed by atoms with E-state index in [4.69, 9.17) is 4.74 Å². The third-order valence-electron chi connectivity index (χ3n) is 4.97. The van der Waals surface area contributed by atoms with Gasteiger partial charge in [0.25, 0.3) is 0 Å². The number of hydrogen-bond donors (Lipinski definition) is 1. The first kappa shape index (κ1) is 21.6. The average molecular weight is 411 g/mol. The normalized spacial score (nSPS) is 14.8. The number of rotatable bonds is 4. The number of ether oxygens (including phenoxy) is 1. The monoisotopic (exact) mass is 410 g/mol. The van der Waals surface area contributed by atoms with Crippen LogP contribution in [0.4, 0.5) is 16.3 Å². The molecule has 0 saturated carbocycles. The fraction of sp³-hybridized carbons (Fsp3) is 0.435. The Morgan fingerprint density at radius 2 is 1.80 bits per heavy atom. The van der Waals surface area contributed by atoms with Gasteiger partial charge in [0.05, 0.1) is 11.9 Å². The van der Waals surface area contributed by atoms with E-state index in [9.17, 15) is 9.59 Å². The molecule has 1 aliphatic rings. The van der Waals surface area contributed by atoms with Gasteiger partial charge in [0.15, 0.2) is 0 Å². The van der Waals surface area contributed by atoms with Gasteiger partial charge in [0, 0.05) is 31.6 Å². The molecule has 0 unspecified atom stereocenters. The first-order chi connectivity index (χ1) is 14.3. The predicted octanol–water partition coefficient (Wildman–Crippen LogP) is 3.92. The Morgan fingerprint density at radius 1 is 1.03 bits per heavy atom. The maximum absolute atomic E-state index is 12.4. The zero-order valence-electron chi connectivity index (χ0n) is 17.9. The smallest absolute Gasteiger partial charge is 0.410 e. The van der Waals surface area contributed by atoms with Gasteiger partial charge in [-0.3, -0.25) is 4.79 Å². The second kappa shape index (κ2) is 9.61. The van der Waals surface area contributed by atoms with Gasteiger partial charge >= 0.3 is 6.09 Å². The number of amides is 2. The van der Waals surface area contributed by atoms with Gasteiger partial charge in [0.2, 0.25) is 5.91 Å². The fourth-order valence-electron chi connectivity index (χ4n) is 3.11. The Labute approximate surface area is 178 Å². The van der Waals surface area contributed by atoms with Gasteiger partial charge in [-0.15, -0.1) is 0 Å². The highest BCUT2D eigenvalue weighted by Gasteiger charge is 2.22. The SMILES string of the molecule is CC(C)(C)C(=O)Nc1ccc(N2CCCN(C(=O)OCc3ccccc3)CC2)nc1. The summed E-state index contributed by atoms with van der Waals surface area (Å²) in [5, 5.41) is 2.88. The molecule has 2 heterocycles. The van der Waals surface area contributed by atoms with Crippen molar-refractivity contribution in [3.8, 4) is 0 Å². The third kappa shape index (κ3) is 5.95. The lowest BCUT2D eigenvalue weighted by molar-refractivity contribution is -0.123. The topological polar surface area (TPSA) is 74.8 Å². The van der Waals surface area contributed by atoms with Crippen molar-refractivity contribution in [3.63, 3.8) is 0 Å². The van der Waals surface area contributed by atoms with Crippen molar-refractivity contribution < 1.29 is 14.3 Å². The number of anilines is 2. The average Bonchev–Trinajstić information content (AvgIpc) is 2.99.